The van der Waals surface area contributed by atoms with Crippen LogP contribution in [0.3, 0.4) is 0 Å². The molecule has 1 fully saturated rings. The van der Waals surface area contributed by atoms with Gasteiger partial charge in [-0.05, 0) is 49.4 Å². The number of carbonyl (C=O) groups excluding carboxylic acids is 2. The molecule has 3 rings (SSSR count). The highest BCUT2D eigenvalue weighted by Gasteiger charge is 2.31. The van der Waals surface area contributed by atoms with Crippen LogP contribution < -0.4 is 5.32 Å². The lowest BCUT2D eigenvalue weighted by atomic mass is 10.1. The van der Waals surface area contributed by atoms with Gasteiger partial charge < -0.3 is 10.2 Å². The van der Waals surface area contributed by atoms with Crippen LogP contribution in [0, 0.1) is 0 Å². The molecular weight excluding hydrogens is 467 g/mol. The number of hydrogen-bond acceptors (Lipinski definition) is 2. The van der Waals surface area contributed by atoms with E-state index in [1.165, 1.54) is 0 Å². The zero-order valence-electron chi connectivity index (χ0n) is 18.3. The molecule has 1 aliphatic rings. The van der Waals surface area contributed by atoms with Gasteiger partial charge in [-0.3, -0.25) is 9.59 Å². The molecule has 1 unspecified atom stereocenters. The summed E-state index contributed by atoms with van der Waals surface area (Å²) in [5.74, 6) is -0.247. The van der Waals surface area contributed by atoms with E-state index in [2.05, 4.69) is 5.32 Å². The molecule has 172 valence electrons. The maximum absolute atomic E-state index is 13.4. The minimum Gasteiger partial charge on any atom is -0.352 e. The number of halogens is 3. The first-order valence-corrected chi connectivity index (χ1v) is 12.3. The second-order valence-electron chi connectivity index (χ2n) is 8.23. The van der Waals surface area contributed by atoms with Gasteiger partial charge in [0.1, 0.15) is 6.04 Å². The van der Waals surface area contributed by atoms with Crippen molar-refractivity contribution in [3.63, 3.8) is 0 Å². The van der Waals surface area contributed by atoms with Crippen molar-refractivity contribution in [3.05, 3.63) is 68.7 Å². The van der Waals surface area contributed by atoms with Gasteiger partial charge in [0.05, 0.1) is 0 Å². The predicted molar refractivity (Wildman–Crippen MR) is 131 cm³/mol. The summed E-state index contributed by atoms with van der Waals surface area (Å²) >= 11 is 19.1. The maximum atomic E-state index is 13.4. The predicted octanol–water partition coefficient (Wildman–Crippen LogP) is 6.45. The van der Waals surface area contributed by atoms with Crippen LogP contribution in [0.25, 0.3) is 0 Å². The van der Waals surface area contributed by atoms with Crippen molar-refractivity contribution in [2.45, 2.75) is 70.5 Å². The molecule has 0 heterocycles. The Bertz CT molecular complexity index is 924. The summed E-state index contributed by atoms with van der Waals surface area (Å²) in [5.41, 5.74) is 1.55. The molecule has 2 amide bonds. The zero-order chi connectivity index (χ0) is 23.1. The van der Waals surface area contributed by atoms with Gasteiger partial charge in [-0.25, -0.2) is 0 Å². The highest BCUT2D eigenvalue weighted by Crippen LogP contribution is 2.28. The second kappa shape index (κ2) is 11.9. The van der Waals surface area contributed by atoms with E-state index in [1.54, 1.807) is 23.1 Å². The normalized spacial score (nSPS) is 14.9. The molecule has 1 atom stereocenters. The molecule has 2 aromatic carbocycles. The summed E-state index contributed by atoms with van der Waals surface area (Å²) in [4.78, 5) is 28.2. The van der Waals surface area contributed by atoms with Gasteiger partial charge in [-0.15, -0.1) is 0 Å². The molecule has 0 spiro atoms. The number of aryl methyl sites for hydroxylation is 1. The van der Waals surface area contributed by atoms with Crippen LogP contribution in [-0.2, 0) is 22.6 Å². The summed E-state index contributed by atoms with van der Waals surface area (Å²) < 4.78 is 0. The Morgan fingerprint density at radius 1 is 1.00 bits per heavy atom. The summed E-state index contributed by atoms with van der Waals surface area (Å²) in [6, 6.07) is 12.3. The number of amides is 2. The van der Waals surface area contributed by atoms with Gasteiger partial charge in [0.15, 0.2) is 0 Å². The molecule has 0 aliphatic heterocycles. The number of nitrogens with zero attached hydrogens (tertiary/aromatic N) is 1. The van der Waals surface area contributed by atoms with E-state index in [-0.39, 0.29) is 30.8 Å². The Labute approximate surface area is 205 Å². The van der Waals surface area contributed by atoms with Crippen molar-refractivity contribution in [3.8, 4) is 0 Å². The first-order valence-electron chi connectivity index (χ1n) is 11.2. The average molecular weight is 496 g/mol. The molecule has 0 bridgehead atoms. The molecule has 0 saturated heterocycles. The molecule has 32 heavy (non-hydrogen) atoms. The lowest BCUT2D eigenvalue weighted by Crippen LogP contribution is -2.51. The number of hydrogen-bond donors (Lipinski definition) is 1. The minimum absolute atomic E-state index is 0.117. The fourth-order valence-electron chi connectivity index (χ4n) is 4.23. The quantitative estimate of drug-likeness (QED) is 0.435. The van der Waals surface area contributed by atoms with Crippen molar-refractivity contribution in [1.29, 1.82) is 0 Å². The maximum Gasteiger partial charge on any atom is 0.243 e. The van der Waals surface area contributed by atoms with Gasteiger partial charge in [0.25, 0.3) is 0 Å². The standard InChI is InChI=1S/C25H29Cl3N2O2/c1-2-23(25(32)29-18-9-4-5-10-18)30(16-19-21(27)12-7-13-22(19)28)24(31)15-14-17-8-3-6-11-20(17)26/h3,6-8,11-13,18,23H,2,4-5,9-10,14-16H2,1H3,(H,29,32). The average Bonchev–Trinajstić information content (AvgIpc) is 3.27. The van der Waals surface area contributed by atoms with Gasteiger partial charge in [-0.1, -0.05) is 78.8 Å². The molecule has 0 radical (unpaired) electrons. The smallest absolute Gasteiger partial charge is 0.243 e. The third kappa shape index (κ3) is 6.40. The third-order valence-corrected chi connectivity index (χ3v) is 7.12. The van der Waals surface area contributed by atoms with E-state index in [4.69, 9.17) is 34.8 Å². The highest BCUT2D eigenvalue weighted by molar-refractivity contribution is 6.36. The van der Waals surface area contributed by atoms with Crippen LogP contribution >= 0.6 is 34.8 Å². The first-order chi connectivity index (χ1) is 15.4. The number of rotatable bonds is 9. The van der Waals surface area contributed by atoms with Crippen molar-refractivity contribution in [2.75, 3.05) is 0 Å². The largest absolute Gasteiger partial charge is 0.352 e. The summed E-state index contributed by atoms with van der Waals surface area (Å²) in [5, 5.41) is 4.73. The topological polar surface area (TPSA) is 49.4 Å². The van der Waals surface area contributed by atoms with Crippen LogP contribution in [0.5, 0.6) is 0 Å². The minimum atomic E-state index is -0.596. The molecule has 7 heteroatoms. The van der Waals surface area contributed by atoms with Gasteiger partial charge in [-0.2, -0.15) is 0 Å². The molecule has 2 aromatic rings. The van der Waals surface area contributed by atoms with Crippen LogP contribution in [-0.4, -0.2) is 28.8 Å². The summed E-state index contributed by atoms with van der Waals surface area (Å²) in [7, 11) is 0. The summed E-state index contributed by atoms with van der Waals surface area (Å²) in [6.45, 7) is 2.10. The third-order valence-electron chi connectivity index (χ3n) is 6.04. The molecule has 0 aromatic heterocycles. The Morgan fingerprint density at radius 3 is 2.25 bits per heavy atom. The SMILES string of the molecule is CCC(C(=O)NC1CCCC1)N(Cc1c(Cl)cccc1Cl)C(=O)CCc1ccccc1Cl. The van der Waals surface area contributed by atoms with Gasteiger partial charge >= 0.3 is 0 Å². The van der Waals surface area contributed by atoms with E-state index in [1.807, 2.05) is 31.2 Å². The Hall–Kier alpha value is -1.75. The fourth-order valence-corrected chi connectivity index (χ4v) is 4.97. The number of nitrogens with one attached hydrogen (secondary N) is 1. The fraction of sp³-hybridized carbons (Fsp3) is 0.440. The van der Waals surface area contributed by atoms with E-state index >= 15 is 0 Å². The van der Waals surface area contributed by atoms with Gasteiger partial charge in [0.2, 0.25) is 11.8 Å². The van der Waals surface area contributed by atoms with Crippen molar-refractivity contribution in [2.24, 2.45) is 0 Å². The van der Waals surface area contributed by atoms with Crippen molar-refractivity contribution >= 4 is 46.6 Å². The molecule has 1 aliphatic carbocycles. The van der Waals surface area contributed by atoms with E-state index in [0.717, 1.165) is 31.2 Å². The van der Waals surface area contributed by atoms with Gasteiger partial charge in [0, 0.05) is 39.6 Å². The number of carbonyl (C=O) groups is 2. The van der Waals surface area contributed by atoms with E-state index in [0.29, 0.717) is 33.5 Å². The Morgan fingerprint density at radius 2 is 1.62 bits per heavy atom. The van der Waals surface area contributed by atoms with E-state index in [9.17, 15) is 9.59 Å². The monoisotopic (exact) mass is 494 g/mol. The van der Waals surface area contributed by atoms with Crippen LogP contribution in [0.15, 0.2) is 42.5 Å². The highest BCUT2D eigenvalue weighted by atomic mass is 35.5. The summed E-state index contributed by atoms with van der Waals surface area (Å²) in [6.07, 6.45) is 5.44. The van der Waals surface area contributed by atoms with Crippen molar-refractivity contribution in [1.82, 2.24) is 10.2 Å². The second-order valence-corrected chi connectivity index (χ2v) is 9.45. The Balaban J connectivity index is 1.82. The lowest BCUT2D eigenvalue weighted by Gasteiger charge is -2.32. The lowest BCUT2D eigenvalue weighted by molar-refractivity contribution is -0.141. The Kier molecular flexibility index (Phi) is 9.27. The van der Waals surface area contributed by atoms with Crippen LogP contribution in [0.4, 0.5) is 0 Å². The zero-order valence-corrected chi connectivity index (χ0v) is 20.5. The molecular formula is C25H29Cl3N2O2. The molecule has 1 saturated carbocycles. The van der Waals surface area contributed by atoms with Crippen molar-refractivity contribution < 1.29 is 9.59 Å². The first kappa shape index (κ1) is 24.9. The van der Waals surface area contributed by atoms with Crippen LogP contribution in [0.2, 0.25) is 15.1 Å². The van der Waals surface area contributed by atoms with Crippen LogP contribution in [0.1, 0.15) is 56.6 Å². The van der Waals surface area contributed by atoms with E-state index < -0.39 is 6.04 Å². The number of benzene rings is 2. The molecule has 1 N–H and O–H groups in total. The molecule has 4 nitrogen and oxygen atoms in total.